The molecule has 0 saturated carbocycles. The molecule has 0 aliphatic heterocycles. The third-order valence-electron chi connectivity index (χ3n) is 4.18. The number of carbonyl (C=O) groups excluding carboxylic acids is 1. The molecule has 130 valence electrons. The summed E-state index contributed by atoms with van der Waals surface area (Å²) in [4.78, 5) is 16.7. The molecule has 0 aliphatic rings. The summed E-state index contributed by atoms with van der Waals surface area (Å²) in [6.07, 6.45) is 3.49. The van der Waals surface area contributed by atoms with Crippen molar-refractivity contribution in [2.24, 2.45) is 0 Å². The Kier molecular flexibility index (Phi) is 4.65. The Morgan fingerprint density at radius 3 is 2.72 bits per heavy atom. The van der Waals surface area contributed by atoms with Gasteiger partial charge in [0, 0.05) is 23.1 Å². The van der Waals surface area contributed by atoms with Crippen LogP contribution in [0.1, 0.15) is 60.2 Å². The number of H-pyrrole nitrogens is 1. The maximum Gasteiger partial charge on any atom is 0.272 e. The van der Waals surface area contributed by atoms with Crippen LogP contribution >= 0.6 is 0 Å². The van der Waals surface area contributed by atoms with Gasteiger partial charge in [0.15, 0.2) is 5.82 Å². The van der Waals surface area contributed by atoms with E-state index in [0.717, 1.165) is 22.8 Å². The zero-order valence-electron chi connectivity index (χ0n) is 14.8. The van der Waals surface area contributed by atoms with Crippen LogP contribution in [0.5, 0.6) is 0 Å². The van der Waals surface area contributed by atoms with Crippen molar-refractivity contribution < 1.29 is 4.79 Å². The fourth-order valence-corrected chi connectivity index (χ4v) is 2.65. The lowest BCUT2D eigenvalue weighted by Crippen LogP contribution is -2.27. The number of hydrogen-bond donors (Lipinski definition) is 2. The first kappa shape index (κ1) is 16.9. The van der Waals surface area contributed by atoms with Crippen LogP contribution < -0.4 is 5.32 Å². The minimum atomic E-state index is -0.208. The number of carbonyl (C=O) groups is 1. The minimum absolute atomic E-state index is 0.191. The Balaban J connectivity index is 1.76. The van der Waals surface area contributed by atoms with Crippen LogP contribution in [0.25, 0.3) is 5.82 Å². The molecule has 1 unspecified atom stereocenters. The van der Waals surface area contributed by atoms with Crippen LogP contribution in [-0.2, 0) is 0 Å². The van der Waals surface area contributed by atoms with Gasteiger partial charge in [0.2, 0.25) is 0 Å². The Morgan fingerprint density at radius 2 is 2.08 bits per heavy atom. The van der Waals surface area contributed by atoms with E-state index >= 15 is 0 Å². The van der Waals surface area contributed by atoms with Crippen LogP contribution in [0.3, 0.4) is 0 Å². The van der Waals surface area contributed by atoms with Crippen LogP contribution in [0.4, 0.5) is 0 Å². The molecule has 0 bridgehead atoms. The number of pyridine rings is 1. The average Bonchev–Trinajstić information content (AvgIpc) is 3.22. The van der Waals surface area contributed by atoms with E-state index < -0.39 is 0 Å². The number of rotatable bonds is 5. The zero-order valence-corrected chi connectivity index (χ0v) is 14.8. The van der Waals surface area contributed by atoms with Crippen molar-refractivity contribution in [2.75, 3.05) is 0 Å². The van der Waals surface area contributed by atoms with Gasteiger partial charge in [-0.2, -0.15) is 10.2 Å². The van der Waals surface area contributed by atoms with E-state index in [4.69, 9.17) is 0 Å². The molecule has 0 aromatic carbocycles. The minimum Gasteiger partial charge on any atom is -0.344 e. The van der Waals surface area contributed by atoms with Gasteiger partial charge in [0.25, 0.3) is 5.91 Å². The molecule has 7 heteroatoms. The van der Waals surface area contributed by atoms with Gasteiger partial charge in [-0.3, -0.25) is 9.89 Å². The predicted molar refractivity (Wildman–Crippen MR) is 94.7 cm³/mol. The first-order valence-electron chi connectivity index (χ1n) is 8.29. The van der Waals surface area contributed by atoms with Gasteiger partial charge >= 0.3 is 0 Å². The highest BCUT2D eigenvalue weighted by Gasteiger charge is 2.19. The summed E-state index contributed by atoms with van der Waals surface area (Å²) in [5.41, 5.74) is 3.22. The number of nitrogens with one attached hydrogen (secondary N) is 2. The smallest absolute Gasteiger partial charge is 0.272 e. The molecule has 2 N–H and O–H groups in total. The number of aromatic nitrogens is 5. The first-order chi connectivity index (χ1) is 12.0. The molecular formula is C18H22N6O. The number of nitrogens with zero attached hydrogens (tertiary/aromatic N) is 4. The molecule has 0 fully saturated rings. The fraction of sp³-hybridized carbons (Fsp3) is 0.333. The zero-order chi connectivity index (χ0) is 18.0. The molecule has 0 saturated heterocycles. The molecule has 3 aromatic rings. The molecule has 1 amide bonds. The fourth-order valence-electron chi connectivity index (χ4n) is 2.65. The van der Waals surface area contributed by atoms with Crippen LogP contribution in [0, 0.1) is 6.92 Å². The molecule has 0 spiro atoms. The quantitative estimate of drug-likeness (QED) is 0.748. The molecule has 3 heterocycles. The van der Waals surface area contributed by atoms with Crippen LogP contribution in [-0.4, -0.2) is 30.9 Å². The van der Waals surface area contributed by atoms with Crippen molar-refractivity contribution in [1.82, 2.24) is 30.3 Å². The Morgan fingerprint density at radius 1 is 1.28 bits per heavy atom. The van der Waals surface area contributed by atoms with Crippen molar-refractivity contribution >= 4 is 5.91 Å². The lowest BCUT2D eigenvalue weighted by molar-refractivity contribution is 0.0934. The maximum absolute atomic E-state index is 12.4. The largest absolute Gasteiger partial charge is 0.344 e. The first-order valence-corrected chi connectivity index (χ1v) is 8.29. The third kappa shape index (κ3) is 3.45. The standard InChI is InChI=1S/C18H22N6O/c1-11(2)15-9-16(23-22-15)18(25)21-12(3)14-10-20-24(13(14)4)17-7-5-6-8-19-17/h5-12H,1-4H3,(H,21,25)(H,22,23). The molecular weight excluding hydrogens is 316 g/mol. The number of hydrogen-bond acceptors (Lipinski definition) is 4. The van der Waals surface area contributed by atoms with E-state index in [1.807, 2.05) is 45.9 Å². The Hall–Kier alpha value is -2.96. The second-order valence-corrected chi connectivity index (χ2v) is 6.34. The lowest BCUT2D eigenvalue weighted by atomic mass is 10.1. The summed E-state index contributed by atoms with van der Waals surface area (Å²) < 4.78 is 1.77. The molecule has 1 atom stereocenters. The third-order valence-corrected chi connectivity index (χ3v) is 4.18. The Bertz CT molecular complexity index is 865. The van der Waals surface area contributed by atoms with E-state index in [9.17, 15) is 4.79 Å². The summed E-state index contributed by atoms with van der Waals surface area (Å²) in [6, 6.07) is 7.27. The van der Waals surface area contributed by atoms with Gasteiger partial charge in [-0.1, -0.05) is 19.9 Å². The van der Waals surface area contributed by atoms with E-state index in [1.54, 1.807) is 23.1 Å². The molecule has 25 heavy (non-hydrogen) atoms. The SMILES string of the molecule is Cc1c(C(C)NC(=O)c2cc(C(C)C)[nH]n2)cnn1-c1ccccn1. The normalized spacial score (nSPS) is 12.4. The van der Waals surface area contributed by atoms with Crippen LogP contribution in [0.2, 0.25) is 0 Å². The summed E-state index contributed by atoms with van der Waals surface area (Å²) in [5.74, 6) is 0.838. The monoisotopic (exact) mass is 338 g/mol. The van der Waals surface area contributed by atoms with E-state index in [2.05, 4.69) is 25.6 Å². The van der Waals surface area contributed by atoms with Crippen molar-refractivity contribution in [3.63, 3.8) is 0 Å². The molecule has 3 rings (SSSR count). The number of amides is 1. The van der Waals surface area contributed by atoms with Gasteiger partial charge in [0.05, 0.1) is 12.2 Å². The molecule has 7 nitrogen and oxygen atoms in total. The molecule has 0 aliphatic carbocycles. The molecule has 3 aromatic heterocycles. The summed E-state index contributed by atoms with van der Waals surface area (Å²) in [5, 5.41) is 14.4. The van der Waals surface area contributed by atoms with E-state index in [1.165, 1.54) is 0 Å². The van der Waals surface area contributed by atoms with Crippen molar-refractivity contribution in [2.45, 2.75) is 39.7 Å². The second kappa shape index (κ2) is 6.88. The van der Waals surface area contributed by atoms with Gasteiger partial charge in [0.1, 0.15) is 5.69 Å². The average molecular weight is 338 g/mol. The maximum atomic E-state index is 12.4. The highest BCUT2D eigenvalue weighted by molar-refractivity contribution is 5.92. The Labute approximate surface area is 146 Å². The summed E-state index contributed by atoms with van der Waals surface area (Å²) in [6.45, 7) is 7.99. The van der Waals surface area contributed by atoms with E-state index in [-0.39, 0.29) is 11.9 Å². The summed E-state index contributed by atoms with van der Waals surface area (Å²) in [7, 11) is 0. The topological polar surface area (TPSA) is 88.5 Å². The highest BCUT2D eigenvalue weighted by Crippen LogP contribution is 2.20. The summed E-state index contributed by atoms with van der Waals surface area (Å²) >= 11 is 0. The van der Waals surface area contributed by atoms with Gasteiger partial charge < -0.3 is 5.32 Å². The van der Waals surface area contributed by atoms with Gasteiger partial charge in [-0.25, -0.2) is 9.67 Å². The lowest BCUT2D eigenvalue weighted by Gasteiger charge is -2.13. The predicted octanol–water partition coefficient (Wildman–Crippen LogP) is 2.91. The van der Waals surface area contributed by atoms with Gasteiger partial charge in [-0.15, -0.1) is 0 Å². The van der Waals surface area contributed by atoms with Gasteiger partial charge in [-0.05, 0) is 38.0 Å². The van der Waals surface area contributed by atoms with Crippen molar-refractivity contribution in [3.05, 3.63) is 59.3 Å². The second-order valence-electron chi connectivity index (χ2n) is 6.34. The number of aromatic amines is 1. The molecule has 0 radical (unpaired) electrons. The van der Waals surface area contributed by atoms with E-state index in [0.29, 0.717) is 11.6 Å². The van der Waals surface area contributed by atoms with Crippen LogP contribution in [0.15, 0.2) is 36.7 Å². The van der Waals surface area contributed by atoms with Crippen molar-refractivity contribution in [1.29, 1.82) is 0 Å². The van der Waals surface area contributed by atoms with Crippen molar-refractivity contribution in [3.8, 4) is 5.82 Å². The highest BCUT2D eigenvalue weighted by atomic mass is 16.2.